The molecule has 122 valence electrons. The Labute approximate surface area is 134 Å². The van der Waals surface area contributed by atoms with Crippen molar-refractivity contribution in [3.63, 3.8) is 0 Å². The van der Waals surface area contributed by atoms with E-state index in [9.17, 15) is 4.79 Å². The van der Waals surface area contributed by atoms with Gasteiger partial charge in [0.2, 0.25) is 5.91 Å². The van der Waals surface area contributed by atoms with Gasteiger partial charge in [0.1, 0.15) is 17.2 Å². The van der Waals surface area contributed by atoms with E-state index in [4.69, 9.17) is 10.5 Å². The van der Waals surface area contributed by atoms with Crippen molar-refractivity contribution in [2.24, 2.45) is 0 Å². The number of carbonyl (C=O) groups is 1. The van der Waals surface area contributed by atoms with Crippen molar-refractivity contribution in [1.82, 2.24) is 19.3 Å². The number of methoxy groups -OCH3 is 1. The highest BCUT2D eigenvalue weighted by Crippen LogP contribution is 2.31. The number of aromatic nitrogens is 3. The van der Waals surface area contributed by atoms with Crippen molar-refractivity contribution >= 4 is 17.2 Å². The largest absolute Gasteiger partial charge is 0.382 e. The second-order valence-corrected chi connectivity index (χ2v) is 5.59. The SMILES string of the molecule is COCC=CC(=O)N1CCCCC1c1ncc2c(N)nccn12. The van der Waals surface area contributed by atoms with Crippen molar-refractivity contribution in [2.75, 3.05) is 26.0 Å². The topological polar surface area (TPSA) is 85.8 Å². The molecule has 1 saturated heterocycles. The molecule has 1 amide bonds. The molecular formula is C16H21N5O2. The normalized spacial score (nSPS) is 18.8. The van der Waals surface area contributed by atoms with E-state index in [1.165, 1.54) is 0 Å². The number of anilines is 1. The summed E-state index contributed by atoms with van der Waals surface area (Å²) in [5.74, 6) is 1.27. The Morgan fingerprint density at radius 1 is 1.48 bits per heavy atom. The molecular weight excluding hydrogens is 294 g/mol. The number of nitrogens with two attached hydrogens (primary N) is 1. The molecule has 0 spiro atoms. The summed E-state index contributed by atoms with van der Waals surface area (Å²) in [5.41, 5.74) is 6.67. The zero-order chi connectivity index (χ0) is 16.2. The number of piperidine rings is 1. The average Bonchev–Trinajstić information content (AvgIpc) is 3.00. The van der Waals surface area contributed by atoms with Crippen LogP contribution in [-0.4, -0.2) is 45.4 Å². The average molecular weight is 315 g/mol. The smallest absolute Gasteiger partial charge is 0.246 e. The lowest BCUT2D eigenvalue weighted by atomic mass is 10.0. The van der Waals surface area contributed by atoms with E-state index in [-0.39, 0.29) is 11.9 Å². The number of ether oxygens (including phenoxy) is 1. The molecule has 0 radical (unpaired) electrons. The van der Waals surface area contributed by atoms with Crippen LogP contribution in [0.15, 0.2) is 30.7 Å². The van der Waals surface area contributed by atoms with Crippen LogP contribution in [0.4, 0.5) is 5.82 Å². The lowest BCUT2D eigenvalue weighted by Crippen LogP contribution is -2.38. The molecule has 1 atom stereocenters. The minimum absolute atomic E-state index is 0.00877. The Kier molecular flexibility index (Phi) is 4.57. The number of carbonyl (C=O) groups excluding carboxylic acids is 1. The Morgan fingerprint density at radius 2 is 2.35 bits per heavy atom. The number of nitrogens with zero attached hydrogens (tertiary/aromatic N) is 4. The number of hydrogen-bond acceptors (Lipinski definition) is 5. The van der Waals surface area contributed by atoms with Gasteiger partial charge >= 0.3 is 0 Å². The van der Waals surface area contributed by atoms with Crippen molar-refractivity contribution in [2.45, 2.75) is 25.3 Å². The van der Waals surface area contributed by atoms with E-state index in [2.05, 4.69) is 9.97 Å². The minimum Gasteiger partial charge on any atom is -0.382 e. The van der Waals surface area contributed by atoms with Crippen molar-refractivity contribution in [1.29, 1.82) is 0 Å². The van der Waals surface area contributed by atoms with Gasteiger partial charge in [-0.15, -0.1) is 0 Å². The number of imidazole rings is 1. The first-order valence-corrected chi connectivity index (χ1v) is 7.76. The second kappa shape index (κ2) is 6.78. The highest BCUT2D eigenvalue weighted by Gasteiger charge is 2.29. The lowest BCUT2D eigenvalue weighted by Gasteiger charge is -2.34. The van der Waals surface area contributed by atoms with Crippen LogP contribution < -0.4 is 5.73 Å². The molecule has 7 heteroatoms. The van der Waals surface area contributed by atoms with E-state index in [0.717, 1.165) is 37.1 Å². The number of amides is 1. The molecule has 7 nitrogen and oxygen atoms in total. The molecule has 0 aromatic carbocycles. The van der Waals surface area contributed by atoms with Crippen LogP contribution in [0, 0.1) is 0 Å². The first-order chi connectivity index (χ1) is 11.2. The van der Waals surface area contributed by atoms with E-state index >= 15 is 0 Å². The van der Waals surface area contributed by atoms with Gasteiger partial charge in [0.15, 0.2) is 0 Å². The molecule has 0 bridgehead atoms. The summed E-state index contributed by atoms with van der Waals surface area (Å²) in [4.78, 5) is 23.0. The first kappa shape index (κ1) is 15.5. The molecule has 1 unspecified atom stereocenters. The fourth-order valence-corrected chi connectivity index (χ4v) is 3.02. The van der Waals surface area contributed by atoms with Gasteiger partial charge in [-0.25, -0.2) is 9.97 Å². The van der Waals surface area contributed by atoms with E-state index < -0.39 is 0 Å². The Morgan fingerprint density at radius 3 is 3.17 bits per heavy atom. The van der Waals surface area contributed by atoms with Crippen molar-refractivity contribution in [3.05, 3.63) is 36.6 Å². The lowest BCUT2D eigenvalue weighted by molar-refractivity contribution is -0.130. The van der Waals surface area contributed by atoms with Gasteiger partial charge < -0.3 is 15.4 Å². The van der Waals surface area contributed by atoms with Crippen LogP contribution in [-0.2, 0) is 9.53 Å². The van der Waals surface area contributed by atoms with Gasteiger partial charge in [-0.1, -0.05) is 6.08 Å². The third kappa shape index (κ3) is 3.05. The third-order valence-electron chi connectivity index (χ3n) is 4.12. The van der Waals surface area contributed by atoms with Crippen molar-refractivity contribution in [3.8, 4) is 0 Å². The minimum atomic E-state index is -0.0484. The number of hydrogen-bond donors (Lipinski definition) is 1. The first-order valence-electron chi connectivity index (χ1n) is 7.76. The maximum atomic E-state index is 12.5. The molecule has 2 aromatic rings. The standard InChI is InChI=1S/C16H21N5O2/c1-23-10-4-6-14(22)20-8-3-2-5-12(20)16-19-11-13-15(17)18-7-9-21(13)16/h4,6-7,9,11-12H,2-3,5,8,10H2,1H3,(H2,17,18). The predicted molar refractivity (Wildman–Crippen MR) is 86.7 cm³/mol. The molecule has 1 aliphatic heterocycles. The zero-order valence-electron chi connectivity index (χ0n) is 13.2. The highest BCUT2D eigenvalue weighted by molar-refractivity contribution is 5.88. The summed E-state index contributed by atoms with van der Waals surface area (Å²) < 4.78 is 6.88. The zero-order valence-corrected chi connectivity index (χ0v) is 13.2. The van der Waals surface area contributed by atoms with Gasteiger partial charge in [-0.2, -0.15) is 0 Å². The molecule has 2 N–H and O–H groups in total. The summed E-state index contributed by atoms with van der Waals surface area (Å²) in [5, 5.41) is 0. The summed E-state index contributed by atoms with van der Waals surface area (Å²) in [6.07, 6.45) is 11.5. The third-order valence-corrected chi connectivity index (χ3v) is 4.12. The van der Waals surface area contributed by atoms with E-state index in [1.54, 1.807) is 31.7 Å². The number of likely N-dealkylation sites (tertiary alicyclic amines) is 1. The molecule has 1 fully saturated rings. The molecule has 0 aliphatic carbocycles. The van der Waals surface area contributed by atoms with Gasteiger partial charge in [0.05, 0.1) is 18.8 Å². The van der Waals surface area contributed by atoms with Crippen LogP contribution in [0.2, 0.25) is 0 Å². The summed E-state index contributed by atoms with van der Waals surface area (Å²) in [6.45, 7) is 1.16. The maximum Gasteiger partial charge on any atom is 0.246 e. The summed E-state index contributed by atoms with van der Waals surface area (Å²) in [7, 11) is 1.60. The molecule has 3 rings (SSSR count). The van der Waals surface area contributed by atoms with Gasteiger partial charge in [0.25, 0.3) is 0 Å². The molecule has 0 saturated carbocycles. The fraction of sp³-hybridized carbons (Fsp3) is 0.438. The van der Waals surface area contributed by atoms with Crippen LogP contribution in [0.25, 0.3) is 5.52 Å². The molecule has 2 aromatic heterocycles. The Balaban J connectivity index is 1.91. The molecule has 3 heterocycles. The van der Waals surface area contributed by atoms with E-state index in [1.807, 2.05) is 15.5 Å². The predicted octanol–water partition coefficient (Wildman–Crippen LogP) is 1.57. The van der Waals surface area contributed by atoms with Gasteiger partial charge in [-0.05, 0) is 19.3 Å². The number of rotatable bonds is 4. The van der Waals surface area contributed by atoms with Gasteiger partial charge in [-0.3, -0.25) is 9.20 Å². The summed E-state index contributed by atoms with van der Waals surface area (Å²) in [6, 6.07) is -0.0484. The van der Waals surface area contributed by atoms with Crippen LogP contribution in [0.5, 0.6) is 0 Å². The summed E-state index contributed by atoms with van der Waals surface area (Å²) >= 11 is 0. The van der Waals surface area contributed by atoms with Crippen LogP contribution in [0.3, 0.4) is 0 Å². The van der Waals surface area contributed by atoms with E-state index in [0.29, 0.717) is 12.4 Å². The Bertz CT molecular complexity index is 724. The maximum absolute atomic E-state index is 12.5. The fourth-order valence-electron chi connectivity index (χ4n) is 3.02. The quantitative estimate of drug-likeness (QED) is 0.866. The van der Waals surface area contributed by atoms with Crippen LogP contribution >= 0.6 is 0 Å². The van der Waals surface area contributed by atoms with Gasteiger partial charge in [0, 0.05) is 32.1 Å². The Hall–Kier alpha value is -2.41. The molecule has 1 aliphatic rings. The second-order valence-electron chi connectivity index (χ2n) is 5.59. The monoisotopic (exact) mass is 315 g/mol. The number of fused-ring (bicyclic) bond motifs is 1. The van der Waals surface area contributed by atoms with Crippen LogP contribution in [0.1, 0.15) is 31.1 Å². The van der Waals surface area contributed by atoms with Crippen molar-refractivity contribution < 1.29 is 9.53 Å². The molecule has 23 heavy (non-hydrogen) atoms. The number of nitrogen functional groups attached to an aromatic ring is 1. The highest BCUT2D eigenvalue weighted by atomic mass is 16.5.